The summed E-state index contributed by atoms with van der Waals surface area (Å²) in [4.78, 5) is 22.1. The Kier molecular flexibility index (Phi) is 5.38. The van der Waals surface area contributed by atoms with Crippen LogP contribution in [0.2, 0.25) is 0 Å². The number of pyridine rings is 1. The maximum absolute atomic E-state index is 13.1. The quantitative estimate of drug-likeness (QED) is 0.505. The minimum absolute atomic E-state index is 0.174. The van der Waals surface area contributed by atoms with E-state index in [2.05, 4.69) is 51.3 Å². The van der Waals surface area contributed by atoms with E-state index in [1.165, 1.54) is 0 Å². The van der Waals surface area contributed by atoms with Gasteiger partial charge in [0.15, 0.2) is 0 Å². The Morgan fingerprint density at radius 1 is 1.22 bits per heavy atom. The van der Waals surface area contributed by atoms with Crippen molar-refractivity contribution in [1.82, 2.24) is 29.6 Å². The van der Waals surface area contributed by atoms with Crippen molar-refractivity contribution in [3.05, 3.63) is 47.9 Å². The first-order valence-electron chi connectivity index (χ1n) is 11.3. The molecule has 2 N–H and O–H groups in total. The second-order valence-electron chi connectivity index (χ2n) is 8.88. The van der Waals surface area contributed by atoms with Crippen LogP contribution < -0.4 is 10.6 Å². The van der Waals surface area contributed by atoms with Gasteiger partial charge in [-0.05, 0) is 64.4 Å². The topological polar surface area (TPSA) is 89.7 Å². The summed E-state index contributed by atoms with van der Waals surface area (Å²) >= 11 is 0. The number of anilines is 1. The lowest BCUT2D eigenvalue weighted by molar-refractivity contribution is 0.102. The molecule has 1 amide bonds. The van der Waals surface area contributed by atoms with E-state index in [9.17, 15) is 4.79 Å². The van der Waals surface area contributed by atoms with E-state index in [4.69, 9.17) is 4.98 Å². The van der Waals surface area contributed by atoms with Crippen molar-refractivity contribution < 1.29 is 4.79 Å². The van der Waals surface area contributed by atoms with Crippen molar-refractivity contribution in [2.24, 2.45) is 0 Å². The summed E-state index contributed by atoms with van der Waals surface area (Å²) in [5, 5.41) is 12.3. The van der Waals surface area contributed by atoms with Crippen LogP contribution in [0.5, 0.6) is 0 Å². The van der Waals surface area contributed by atoms with Crippen LogP contribution in [0.25, 0.3) is 21.9 Å². The highest BCUT2D eigenvalue weighted by Crippen LogP contribution is 2.32. The summed E-state index contributed by atoms with van der Waals surface area (Å²) in [6.45, 7) is 7.99. The van der Waals surface area contributed by atoms with E-state index < -0.39 is 0 Å². The van der Waals surface area contributed by atoms with Gasteiger partial charge in [0.25, 0.3) is 5.91 Å². The largest absolute Gasteiger partial charge is 0.315 e. The number of nitrogens with zero attached hydrogens (tertiary/aromatic N) is 5. The Morgan fingerprint density at radius 3 is 2.91 bits per heavy atom. The van der Waals surface area contributed by atoms with Crippen molar-refractivity contribution in [2.75, 3.05) is 18.4 Å². The molecule has 1 aliphatic rings. The van der Waals surface area contributed by atoms with Crippen LogP contribution in [0.4, 0.5) is 5.95 Å². The number of aromatic nitrogens is 5. The van der Waals surface area contributed by atoms with Crippen LogP contribution in [0.3, 0.4) is 0 Å². The van der Waals surface area contributed by atoms with Gasteiger partial charge in [0.05, 0.1) is 22.7 Å². The van der Waals surface area contributed by atoms with Gasteiger partial charge in [-0.25, -0.2) is 4.98 Å². The van der Waals surface area contributed by atoms with Crippen LogP contribution in [0, 0.1) is 6.92 Å². The van der Waals surface area contributed by atoms with Crippen LogP contribution in [-0.4, -0.2) is 43.3 Å². The summed E-state index contributed by atoms with van der Waals surface area (Å²) in [6.07, 6.45) is 6.91. The molecule has 5 rings (SSSR count). The molecule has 1 aromatic carbocycles. The number of hydrogen-bond donors (Lipinski definition) is 2. The first-order valence-corrected chi connectivity index (χ1v) is 11.3. The molecule has 8 heteroatoms. The molecule has 4 aromatic rings. The molecule has 3 aromatic heterocycles. The molecule has 1 fully saturated rings. The van der Waals surface area contributed by atoms with Gasteiger partial charge in [-0.3, -0.25) is 19.8 Å². The van der Waals surface area contributed by atoms with Crippen molar-refractivity contribution in [1.29, 1.82) is 0 Å². The van der Waals surface area contributed by atoms with Gasteiger partial charge in [-0.15, -0.1) is 0 Å². The lowest BCUT2D eigenvalue weighted by Gasteiger charge is -2.20. The average Bonchev–Trinajstić information content (AvgIpc) is 3.21. The molecule has 166 valence electrons. The summed E-state index contributed by atoms with van der Waals surface area (Å²) in [5.41, 5.74) is 4.33. The second kappa shape index (κ2) is 8.35. The number of amides is 1. The highest BCUT2D eigenvalue weighted by Gasteiger charge is 2.23. The predicted octanol–water partition coefficient (Wildman–Crippen LogP) is 4.24. The number of carbonyl (C=O) groups is 1. The number of aryl methyl sites for hydroxylation is 1. The lowest BCUT2D eigenvalue weighted by atomic mass is 10.1. The first-order chi connectivity index (χ1) is 15.5. The minimum Gasteiger partial charge on any atom is -0.315 e. The zero-order valence-electron chi connectivity index (χ0n) is 18.8. The SMILES string of the molecule is Cc1cc(C(=O)Nc2nc3cc4c(cnn4C(C)C)cc3n2[C@@H]2CCCCNC2)ccn1. The number of benzene rings is 1. The van der Waals surface area contributed by atoms with E-state index in [0.29, 0.717) is 11.5 Å². The average molecular weight is 432 g/mol. The molecule has 0 aliphatic carbocycles. The number of rotatable bonds is 4. The molecule has 1 saturated heterocycles. The third-order valence-electron chi connectivity index (χ3n) is 6.17. The van der Waals surface area contributed by atoms with Gasteiger partial charge >= 0.3 is 0 Å². The Hall–Kier alpha value is -3.26. The van der Waals surface area contributed by atoms with Crippen LogP contribution in [0.15, 0.2) is 36.7 Å². The minimum atomic E-state index is -0.174. The fourth-order valence-corrected chi connectivity index (χ4v) is 4.59. The van der Waals surface area contributed by atoms with E-state index in [-0.39, 0.29) is 18.0 Å². The van der Waals surface area contributed by atoms with E-state index in [0.717, 1.165) is 60.0 Å². The number of carbonyl (C=O) groups excluding carboxylic acids is 1. The maximum atomic E-state index is 13.1. The Balaban J connectivity index is 1.63. The third-order valence-corrected chi connectivity index (χ3v) is 6.17. The van der Waals surface area contributed by atoms with Gasteiger partial charge < -0.3 is 9.88 Å². The van der Waals surface area contributed by atoms with Crippen molar-refractivity contribution in [3.63, 3.8) is 0 Å². The Bertz CT molecular complexity index is 1280. The summed E-state index contributed by atoms with van der Waals surface area (Å²) in [7, 11) is 0. The molecular formula is C24H29N7O. The van der Waals surface area contributed by atoms with Gasteiger partial charge in [0, 0.05) is 41.5 Å². The van der Waals surface area contributed by atoms with Crippen molar-refractivity contribution >= 4 is 33.8 Å². The highest BCUT2D eigenvalue weighted by molar-refractivity contribution is 6.04. The van der Waals surface area contributed by atoms with Gasteiger partial charge in [-0.1, -0.05) is 6.42 Å². The molecule has 0 radical (unpaired) electrons. The molecule has 1 atom stereocenters. The van der Waals surface area contributed by atoms with E-state index in [1.807, 2.05) is 17.8 Å². The van der Waals surface area contributed by atoms with Crippen molar-refractivity contribution in [2.45, 2.75) is 52.1 Å². The van der Waals surface area contributed by atoms with E-state index >= 15 is 0 Å². The smallest absolute Gasteiger partial charge is 0.258 e. The number of fused-ring (bicyclic) bond motifs is 2. The predicted molar refractivity (Wildman–Crippen MR) is 126 cm³/mol. The standard InChI is InChI=1S/C24H29N7O/c1-15(2)31-21-12-20-22(11-18(21)13-27-31)30(19-6-4-5-8-25-14-19)24(28-20)29-23(32)17-7-9-26-16(3)10-17/h7,9-13,15,19,25H,4-6,8,14H2,1-3H3,(H,28,29,32)/t19-/m1/s1. The number of hydrogen-bond acceptors (Lipinski definition) is 5. The number of imidazole rings is 1. The van der Waals surface area contributed by atoms with Gasteiger partial charge in [0.1, 0.15) is 0 Å². The zero-order valence-corrected chi connectivity index (χ0v) is 18.8. The van der Waals surface area contributed by atoms with Gasteiger partial charge in [-0.2, -0.15) is 5.10 Å². The van der Waals surface area contributed by atoms with E-state index in [1.54, 1.807) is 18.3 Å². The fourth-order valence-electron chi connectivity index (χ4n) is 4.59. The molecule has 32 heavy (non-hydrogen) atoms. The summed E-state index contributed by atoms with van der Waals surface area (Å²) in [5.74, 6) is 0.413. The highest BCUT2D eigenvalue weighted by atomic mass is 16.1. The fraction of sp³-hybridized carbons (Fsp3) is 0.417. The van der Waals surface area contributed by atoms with Crippen LogP contribution in [0.1, 0.15) is 61.2 Å². The molecule has 0 saturated carbocycles. The second-order valence-corrected chi connectivity index (χ2v) is 8.88. The van der Waals surface area contributed by atoms with Crippen molar-refractivity contribution in [3.8, 4) is 0 Å². The summed E-state index contributed by atoms with van der Waals surface area (Å²) in [6, 6.07) is 8.24. The number of nitrogens with one attached hydrogen (secondary N) is 2. The summed E-state index contributed by atoms with van der Waals surface area (Å²) < 4.78 is 4.21. The Labute approximate surface area is 187 Å². The molecule has 1 aliphatic heterocycles. The molecule has 8 nitrogen and oxygen atoms in total. The monoisotopic (exact) mass is 431 g/mol. The maximum Gasteiger partial charge on any atom is 0.258 e. The molecule has 0 spiro atoms. The van der Waals surface area contributed by atoms with Crippen LogP contribution in [-0.2, 0) is 0 Å². The Morgan fingerprint density at radius 2 is 2.09 bits per heavy atom. The van der Waals surface area contributed by atoms with Crippen LogP contribution >= 0.6 is 0 Å². The third kappa shape index (κ3) is 3.75. The lowest BCUT2D eigenvalue weighted by Crippen LogP contribution is -2.25. The molecule has 0 bridgehead atoms. The zero-order chi connectivity index (χ0) is 22.2. The molecular weight excluding hydrogens is 402 g/mol. The molecule has 4 heterocycles. The normalized spacial score (nSPS) is 17.2. The first kappa shape index (κ1) is 20.6. The molecule has 0 unspecified atom stereocenters. The van der Waals surface area contributed by atoms with Gasteiger partial charge in [0.2, 0.25) is 5.95 Å².